The fourth-order valence-corrected chi connectivity index (χ4v) is 2.09. The molecule has 6 nitrogen and oxygen atoms in total. The third-order valence-electron chi connectivity index (χ3n) is 3.27. The van der Waals surface area contributed by atoms with Crippen LogP contribution in [0.4, 0.5) is 0 Å². The Balaban J connectivity index is 1.83. The second-order valence-electron chi connectivity index (χ2n) is 5.09. The SMILES string of the molecule is CN(C)C(=O)CN1CCC(Oc2ccc(C=O)nc2)C1. The van der Waals surface area contributed by atoms with Gasteiger partial charge in [-0.05, 0) is 18.6 Å². The summed E-state index contributed by atoms with van der Waals surface area (Å²) in [5.74, 6) is 0.754. The van der Waals surface area contributed by atoms with E-state index in [1.165, 1.54) is 0 Å². The quantitative estimate of drug-likeness (QED) is 0.731. The first-order valence-electron chi connectivity index (χ1n) is 6.59. The molecular weight excluding hydrogens is 258 g/mol. The molecule has 2 rings (SSSR count). The molecule has 0 N–H and O–H groups in total. The van der Waals surface area contributed by atoms with Gasteiger partial charge in [-0.25, -0.2) is 4.98 Å². The van der Waals surface area contributed by atoms with Crippen molar-refractivity contribution < 1.29 is 14.3 Å². The van der Waals surface area contributed by atoms with E-state index in [0.717, 1.165) is 19.5 Å². The molecule has 1 fully saturated rings. The summed E-state index contributed by atoms with van der Waals surface area (Å²) in [5, 5.41) is 0. The molecule has 6 heteroatoms. The van der Waals surface area contributed by atoms with Crippen molar-refractivity contribution in [2.24, 2.45) is 0 Å². The van der Waals surface area contributed by atoms with Gasteiger partial charge in [0.15, 0.2) is 6.29 Å². The highest BCUT2D eigenvalue weighted by Gasteiger charge is 2.25. The molecular formula is C14H19N3O3. The zero-order valence-corrected chi connectivity index (χ0v) is 11.8. The number of pyridine rings is 1. The highest BCUT2D eigenvalue weighted by molar-refractivity contribution is 5.77. The van der Waals surface area contributed by atoms with Crippen LogP contribution in [0.25, 0.3) is 0 Å². The molecule has 1 aromatic rings. The van der Waals surface area contributed by atoms with Crippen LogP contribution in [0.5, 0.6) is 5.75 Å². The molecule has 0 saturated carbocycles. The lowest BCUT2D eigenvalue weighted by atomic mass is 10.3. The van der Waals surface area contributed by atoms with Crippen LogP contribution >= 0.6 is 0 Å². The Morgan fingerprint density at radius 3 is 2.95 bits per heavy atom. The third-order valence-corrected chi connectivity index (χ3v) is 3.27. The van der Waals surface area contributed by atoms with Crippen molar-refractivity contribution in [3.8, 4) is 5.75 Å². The maximum atomic E-state index is 11.6. The Labute approximate surface area is 118 Å². The maximum absolute atomic E-state index is 11.6. The predicted molar refractivity (Wildman–Crippen MR) is 73.8 cm³/mol. The van der Waals surface area contributed by atoms with Crippen molar-refractivity contribution in [3.05, 3.63) is 24.0 Å². The Hall–Kier alpha value is -1.95. The van der Waals surface area contributed by atoms with Gasteiger partial charge in [0, 0.05) is 27.2 Å². The van der Waals surface area contributed by atoms with Crippen LogP contribution in [0.15, 0.2) is 18.3 Å². The lowest BCUT2D eigenvalue weighted by Gasteiger charge is -2.18. The smallest absolute Gasteiger partial charge is 0.236 e. The van der Waals surface area contributed by atoms with Crippen LogP contribution in [0.3, 0.4) is 0 Å². The molecule has 1 aliphatic heterocycles. The number of carbonyl (C=O) groups is 2. The number of rotatable bonds is 5. The molecule has 1 saturated heterocycles. The largest absolute Gasteiger partial charge is 0.487 e. The number of amides is 1. The molecule has 0 radical (unpaired) electrons. The molecule has 0 aliphatic carbocycles. The van der Waals surface area contributed by atoms with E-state index in [0.29, 0.717) is 24.3 Å². The number of likely N-dealkylation sites (N-methyl/N-ethyl adjacent to an activating group) is 1. The molecule has 2 heterocycles. The van der Waals surface area contributed by atoms with Gasteiger partial charge in [0.25, 0.3) is 0 Å². The van der Waals surface area contributed by atoms with Gasteiger partial charge >= 0.3 is 0 Å². The van der Waals surface area contributed by atoms with Crippen LogP contribution in [0.2, 0.25) is 0 Å². The first-order chi connectivity index (χ1) is 9.58. The van der Waals surface area contributed by atoms with Crippen LogP contribution < -0.4 is 4.74 Å². The summed E-state index contributed by atoms with van der Waals surface area (Å²) >= 11 is 0. The first kappa shape index (κ1) is 14.5. The fraction of sp³-hybridized carbons (Fsp3) is 0.500. The van der Waals surface area contributed by atoms with E-state index >= 15 is 0 Å². The minimum absolute atomic E-state index is 0.0637. The molecule has 1 aromatic heterocycles. The monoisotopic (exact) mass is 277 g/mol. The molecule has 1 atom stereocenters. The van der Waals surface area contributed by atoms with Gasteiger partial charge in [0.05, 0.1) is 12.7 Å². The van der Waals surface area contributed by atoms with Gasteiger partial charge in [-0.15, -0.1) is 0 Å². The number of hydrogen-bond donors (Lipinski definition) is 0. The summed E-state index contributed by atoms with van der Waals surface area (Å²) < 4.78 is 5.80. The topological polar surface area (TPSA) is 62.7 Å². The van der Waals surface area contributed by atoms with Crippen molar-refractivity contribution in [1.82, 2.24) is 14.8 Å². The van der Waals surface area contributed by atoms with Gasteiger partial charge < -0.3 is 9.64 Å². The summed E-state index contributed by atoms with van der Waals surface area (Å²) in [6, 6.07) is 3.37. The number of carbonyl (C=O) groups excluding carboxylic acids is 2. The first-order valence-corrected chi connectivity index (χ1v) is 6.59. The van der Waals surface area contributed by atoms with Gasteiger partial charge in [-0.3, -0.25) is 14.5 Å². The predicted octanol–water partition coefficient (Wildman–Crippen LogP) is 0.435. The molecule has 0 bridgehead atoms. The van der Waals surface area contributed by atoms with E-state index in [9.17, 15) is 9.59 Å². The summed E-state index contributed by atoms with van der Waals surface area (Å²) in [4.78, 5) is 29.8. The van der Waals surface area contributed by atoms with Gasteiger partial charge in [-0.2, -0.15) is 0 Å². The van der Waals surface area contributed by atoms with Crippen molar-refractivity contribution >= 4 is 12.2 Å². The van der Waals surface area contributed by atoms with Crippen molar-refractivity contribution in [1.29, 1.82) is 0 Å². The van der Waals surface area contributed by atoms with Crippen molar-refractivity contribution in [2.45, 2.75) is 12.5 Å². The van der Waals surface area contributed by atoms with Crippen molar-refractivity contribution in [3.63, 3.8) is 0 Å². The van der Waals surface area contributed by atoms with E-state index in [4.69, 9.17) is 4.74 Å². The zero-order valence-electron chi connectivity index (χ0n) is 11.8. The molecule has 108 valence electrons. The Bertz CT molecular complexity index is 473. The molecule has 1 aliphatic rings. The molecule has 0 aromatic carbocycles. The molecule has 1 amide bonds. The standard InChI is InChI=1S/C14H19N3O3/c1-16(2)14(19)9-17-6-5-13(8-17)20-12-4-3-11(10-18)15-7-12/h3-4,7,10,13H,5-6,8-9H2,1-2H3. The number of nitrogens with zero attached hydrogens (tertiary/aromatic N) is 3. The Morgan fingerprint density at radius 1 is 1.55 bits per heavy atom. The van der Waals surface area contributed by atoms with Crippen LogP contribution in [0.1, 0.15) is 16.9 Å². The summed E-state index contributed by atoms with van der Waals surface area (Å²) in [7, 11) is 3.51. The third kappa shape index (κ3) is 3.77. The highest BCUT2D eigenvalue weighted by Crippen LogP contribution is 2.17. The second kappa shape index (κ2) is 6.47. The van der Waals surface area contributed by atoms with E-state index < -0.39 is 0 Å². The zero-order chi connectivity index (χ0) is 14.5. The average molecular weight is 277 g/mol. The number of aromatic nitrogens is 1. The number of ether oxygens (including phenoxy) is 1. The van der Waals surface area contributed by atoms with E-state index in [2.05, 4.69) is 9.88 Å². The lowest BCUT2D eigenvalue weighted by Crippen LogP contribution is -2.36. The van der Waals surface area contributed by atoms with E-state index in [1.807, 2.05) is 0 Å². The van der Waals surface area contributed by atoms with Gasteiger partial charge in [0.2, 0.25) is 5.91 Å². The molecule has 0 spiro atoms. The molecule has 20 heavy (non-hydrogen) atoms. The van der Waals surface area contributed by atoms with Gasteiger partial charge in [0.1, 0.15) is 17.5 Å². The normalized spacial score (nSPS) is 18.8. The summed E-state index contributed by atoms with van der Waals surface area (Å²) in [5.41, 5.74) is 0.391. The number of aldehydes is 1. The minimum atomic E-state index is 0.0637. The second-order valence-corrected chi connectivity index (χ2v) is 5.09. The number of likely N-dealkylation sites (tertiary alicyclic amines) is 1. The van der Waals surface area contributed by atoms with Crippen LogP contribution in [-0.2, 0) is 4.79 Å². The van der Waals surface area contributed by atoms with Crippen molar-refractivity contribution in [2.75, 3.05) is 33.7 Å². The Morgan fingerprint density at radius 2 is 2.35 bits per heavy atom. The molecule has 1 unspecified atom stereocenters. The fourth-order valence-electron chi connectivity index (χ4n) is 2.09. The van der Waals surface area contributed by atoms with E-state index in [-0.39, 0.29) is 12.0 Å². The number of hydrogen-bond acceptors (Lipinski definition) is 5. The summed E-state index contributed by atoms with van der Waals surface area (Å²) in [6.45, 7) is 2.01. The van der Waals surface area contributed by atoms with E-state index in [1.54, 1.807) is 37.3 Å². The highest BCUT2D eigenvalue weighted by atomic mass is 16.5. The van der Waals surface area contributed by atoms with Crippen LogP contribution in [0, 0.1) is 0 Å². The van der Waals surface area contributed by atoms with Gasteiger partial charge in [-0.1, -0.05) is 0 Å². The minimum Gasteiger partial charge on any atom is -0.487 e. The Kier molecular flexibility index (Phi) is 4.68. The lowest BCUT2D eigenvalue weighted by molar-refractivity contribution is -0.129. The average Bonchev–Trinajstić information content (AvgIpc) is 2.86. The van der Waals surface area contributed by atoms with Crippen LogP contribution in [-0.4, -0.2) is 66.8 Å². The summed E-state index contributed by atoms with van der Waals surface area (Å²) in [6.07, 6.45) is 3.20. The maximum Gasteiger partial charge on any atom is 0.236 e.